The van der Waals surface area contributed by atoms with Gasteiger partial charge in [0.15, 0.2) is 17.3 Å². The lowest BCUT2D eigenvalue weighted by Gasteiger charge is -2.48. The van der Waals surface area contributed by atoms with E-state index in [1.165, 1.54) is 12.1 Å². The Bertz CT molecular complexity index is 998. The molecule has 3 aliphatic rings. The average molecular weight is 407 g/mol. The van der Waals surface area contributed by atoms with Gasteiger partial charge < -0.3 is 19.1 Å². The van der Waals surface area contributed by atoms with Gasteiger partial charge in [0.25, 0.3) is 0 Å². The highest BCUT2D eigenvalue weighted by Crippen LogP contribution is 2.52. The topological polar surface area (TPSA) is 113 Å². The van der Waals surface area contributed by atoms with Gasteiger partial charge in [-0.3, -0.25) is 9.69 Å². The fourth-order valence-electron chi connectivity index (χ4n) is 4.46. The molecule has 0 aromatic heterocycles. The van der Waals surface area contributed by atoms with Gasteiger partial charge in [-0.25, -0.2) is 0 Å². The Morgan fingerprint density at radius 3 is 2.89 bits per heavy atom. The number of benzene rings is 1. The lowest BCUT2D eigenvalue weighted by Crippen LogP contribution is -2.51. The van der Waals surface area contributed by atoms with Crippen LogP contribution in [0.5, 0.6) is 11.5 Å². The molecule has 9 heteroatoms. The van der Waals surface area contributed by atoms with Crippen molar-refractivity contribution in [2.75, 3.05) is 26.0 Å². The molecule has 28 heavy (non-hydrogen) atoms. The Balaban J connectivity index is 1.81. The number of aliphatic carboxylic acids is 1. The highest BCUT2D eigenvalue weighted by atomic mass is 32.2. The van der Waals surface area contributed by atoms with Crippen LogP contribution in [0.25, 0.3) is 0 Å². The molecule has 1 aliphatic carbocycles. The van der Waals surface area contributed by atoms with E-state index in [0.717, 1.165) is 29.8 Å². The number of phenols is 1. The number of aromatic hydroxyl groups is 1. The van der Waals surface area contributed by atoms with Gasteiger partial charge in [0.2, 0.25) is 0 Å². The summed E-state index contributed by atoms with van der Waals surface area (Å²) in [6.45, 7) is 1.57. The van der Waals surface area contributed by atoms with Crippen LogP contribution in [-0.2, 0) is 31.6 Å². The molecule has 0 radical (unpaired) electrons. The molecule has 150 valence electrons. The van der Waals surface area contributed by atoms with Crippen LogP contribution in [0.1, 0.15) is 17.5 Å². The van der Waals surface area contributed by atoms with E-state index in [0.29, 0.717) is 12.8 Å². The third-order valence-corrected chi connectivity index (χ3v) is 6.67. The molecule has 1 aromatic rings. The van der Waals surface area contributed by atoms with Crippen LogP contribution in [0.3, 0.4) is 0 Å². The molecule has 1 unspecified atom stereocenters. The summed E-state index contributed by atoms with van der Waals surface area (Å²) in [5.74, 6) is -3.29. The van der Waals surface area contributed by atoms with Crippen LogP contribution in [-0.4, -0.2) is 61.6 Å². The fraction of sp³-hybridized carbons (Fsp3) is 0.421. The molecule has 0 amide bonds. The Hall–Kier alpha value is -2.36. The maximum atomic E-state index is 12.0. The van der Waals surface area contributed by atoms with E-state index < -0.39 is 27.4 Å². The van der Waals surface area contributed by atoms with Crippen molar-refractivity contribution >= 4 is 16.1 Å². The molecule has 0 saturated carbocycles. The summed E-state index contributed by atoms with van der Waals surface area (Å²) >= 11 is 0. The van der Waals surface area contributed by atoms with Crippen molar-refractivity contribution in [1.29, 1.82) is 0 Å². The van der Waals surface area contributed by atoms with E-state index in [2.05, 4.69) is 11.0 Å². The van der Waals surface area contributed by atoms with Crippen LogP contribution in [0.15, 0.2) is 35.9 Å². The Kier molecular flexibility index (Phi) is 4.48. The molecule has 1 aromatic carbocycles. The Morgan fingerprint density at radius 1 is 1.39 bits per heavy atom. The van der Waals surface area contributed by atoms with Gasteiger partial charge in [0.1, 0.15) is 0 Å². The van der Waals surface area contributed by atoms with E-state index in [-0.39, 0.29) is 17.6 Å². The summed E-state index contributed by atoms with van der Waals surface area (Å²) in [6, 6.07) is 3.05. The normalized spacial score (nSPS) is 26.2. The molecular formula is C19H21NO7S. The summed E-state index contributed by atoms with van der Waals surface area (Å²) in [5, 5.41) is 19.1. The quantitative estimate of drug-likeness (QED) is 0.699. The second-order valence-corrected chi connectivity index (χ2v) is 8.78. The van der Waals surface area contributed by atoms with Gasteiger partial charge in [-0.15, -0.1) is 0 Å². The molecule has 1 spiro atoms. The second-order valence-electron chi connectivity index (χ2n) is 7.21. The molecule has 2 aliphatic heterocycles. The summed E-state index contributed by atoms with van der Waals surface area (Å²) in [5.41, 5.74) is 2.39. The van der Waals surface area contributed by atoms with E-state index in [9.17, 15) is 18.3 Å². The molecule has 8 nitrogen and oxygen atoms in total. The third-order valence-electron chi connectivity index (χ3n) is 5.64. The lowest BCUT2D eigenvalue weighted by molar-refractivity contribution is -0.134. The number of phenolic OH excluding ortho intramolecular Hbond substituents is 1. The number of carboxylic acid groups (broad SMARTS) is 1. The first-order chi connectivity index (χ1) is 13.2. The molecular weight excluding hydrogens is 386 g/mol. The van der Waals surface area contributed by atoms with E-state index in [1.807, 2.05) is 12.2 Å². The van der Waals surface area contributed by atoms with Crippen molar-refractivity contribution in [3.8, 4) is 11.5 Å². The zero-order valence-electron chi connectivity index (χ0n) is 15.3. The number of rotatable bonds is 5. The highest BCUT2D eigenvalue weighted by molar-refractivity contribution is 7.87. The molecule has 0 bridgehead atoms. The molecule has 0 saturated heterocycles. The van der Waals surface area contributed by atoms with Gasteiger partial charge in [-0.05, 0) is 35.3 Å². The maximum Gasteiger partial charge on any atom is 0.322 e. The van der Waals surface area contributed by atoms with Crippen LogP contribution in [0.2, 0.25) is 0 Å². The number of carbonyl (C=O) groups is 1. The first-order valence-corrected chi connectivity index (χ1v) is 10.5. The molecule has 2 atom stereocenters. The average Bonchev–Trinajstić information content (AvgIpc) is 3.00. The SMILES string of the molecule is CO[C@H]1C=CC2=CCN3CCc4cc(O)c(OS(=O)(=O)CC(=O)O)cc4C23C1. The first-order valence-electron chi connectivity index (χ1n) is 8.92. The summed E-state index contributed by atoms with van der Waals surface area (Å²) in [4.78, 5) is 13.1. The summed E-state index contributed by atoms with van der Waals surface area (Å²) in [7, 11) is -2.73. The monoisotopic (exact) mass is 407 g/mol. The smallest absolute Gasteiger partial charge is 0.322 e. The summed E-state index contributed by atoms with van der Waals surface area (Å²) in [6.07, 6.45) is 7.44. The lowest BCUT2D eigenvalue weighted by atomic mass is 9.71. The van der Waals surface area contributed by atoms with E-state index >= 15 is 0 Å². The zero-order valence-corrected chi connectivity index (χ0v) is 16.1. The first kappa shape index (κ1) is 19.0. The minimum absolute atomic E-state index is 0.0994. The molecule has 0 fully saturated rings. The number of carboxylic acids is 1. The number of fused-ring (bicyclic) bond motifs is 1. The van der Waals surface area contributed by atoms with Gasteiger partial charge in [-0.2, -0.15) is 8.42 Å². The Labute approximate surface area is 162 Å². The maximum absolute atomic E-state index is 12.0. The van der Waals surface area contributed by atoms with Crippen molar-refractivity contribution in [2.24, 2.45) is 0 Å². The number of methoxy groups -OCH3 is 1. The zero-order chi connectivity index (χ0) is 20.1. The molecule has 4 rings (SSSR count). The fourth-order valence-corrected chi connectivity index (χ4v) is 5.23. The number of hydrogen-bond acceptors (Lipinski definition) is 7. The highest BCUT2D eigenvalue weighted by Gasteiger charge is 2.50. The predicted molar refractivity (Wildman–Crippen MR) is 99.7 cm³/mol. The van der Waals surface area contributed by atoms with Gasteiger partial charge in [0, 0.05) is 26.6 Å². The number of ether oxygens (including phenoxy) is 1. The van der Waals surface area contributed by atoms with E-state index in [4.69, 9.17) is 14.0 Å². The van der Waals surface area contributed by atoms with Gasteiger partial charge in [0.05, 0.1) is 11.6 Å². The standard InChI is InChI=1S/C19H21NO7S/c1-26-14-3-2-13-5-7-20-6-4-12-8-16(21)17(9-15(12)19(13,20)10-14)27-28(24,25)11-18(22)23/h2-3,5,8-9,14,21H,4,6-7,10-11H2,1H3,(H,22,23)/t14-,19?/m0/s1. The molecule has 2 N–H and O–H groups in total. The van der Waals surface area contributed by atoms with Gasteiger partial charge in [-0.1, -0.05) is 18.2 Å². The van der Waals surface area contributed by atoms with Gasteiger partial charge >= 0.3 is 16.1 Å². The molecule has 2 heterocycles. The van der Waals surface area contributed by atoms with Crippen LogP contribution in [0.4, 0.5) is 0 Å². The van der Waals surface area contributed by atoms with Crippen molar-refractivity contribution in [3.05, 3.63) is 47.1 Å². The largest absolute Gasteiger partial charge is 0.504 e. The number of nitrogens with zero attached hydrogens (tertiary/aromatic N) is 1. The minimum atomic E-state index is -4.38. The van der Waals surface area contributed by atoms with Crippen LogP contribution >= 0.6 is 0 Å². The van der Waals surface area contributed by atoms with E-state index in [1.54, 1.807) is 7.11 Å². The minimum Gasteiger partial charge on any atom is -0.504 e. The van der Waals surface area contributed by atoms with Crippen LogP contribution < -0.4 is 4.18 Å². The summed E-state index contributed by atoms with van der Waals surface area (Å²) < 4.78 is 34.4. The number of hydrogen-bond donors (Lipinski definition) is 2. The predicted octanol–water partition coefficient (Wildman–Crippen LogP) is 1.15. The van der Waals surface area contributed by atoms with Crippen molar-refractivity contribution in [2.45, 2.75) is 24.5 Å². The second kappa shape index (κ2) is 6.61. The van der Waals surface area contributed by atoms with Crippen LogP contribution in [0, 0.1) is 0 Å². The van der Waals surface area contributed by atoms with Crippen molar-refractivity contribution in [1.82, 2.24) is 4.90 Å². The third kappa shape index (κ3) is 2.99. The van der Waals surface area contributed by atoms with Crippen molar-refractivity contribution in [3.63, 3.8) is 0 Å². The Morgan fingerprint density at radius 2 is 2.18 bits per heavy atom. The van der Waals surface area contributed by atoms with Crippen molar-refractivity contribution < 1.29 is 32.3 Å².